The van der Waals surface area contributed by atoms with E-state index in [0.29, 0.717) is 6.61 Å². The Labute approximate surface area is 127 Å². The minimum absolute atomic E-state index is 0.0206. The number of fused-ring (bicyclic) bond motifs is 1. The Balaban J connectivity index is 1.61. The third-order valence-electron chi connectivity index (χ3n) is 4.50. The van der Waals surface area contributed by atoms with E-state index in [1.54, 1.807) is 0 Å². The van der Waals surface area contributed by atoms with Crippen molar-refractivity contribution in [3.8, 4) is 11.5 Å². The molecule has 1 aromatic carbocycles. The standard InChI is InChI=1S/C17H26N2O2/c1-19(11-13-4-2-5-13)12-15(18)14-6-7-16-17(10-14)21-9-3-8-20-16/h6-7,10,13,15H,2-5,8-9,11-12,18H2,1H3. The Kier molecular flexibility index (Phi) is 4.66. The molecule has 21 heavy (non-hydrogen) atoms. The molecule has 4 heteroatoms. The first-order valence-corrected chi connectivity index (χ1v) is 8.06. The maximum atomic E-state index is 6.37. The van der Waals surface area contributed by atoms with E-state index in [2.05, 4.69) is 18.0 Å². The minimum Gasteiger partial charge on any atom is -0.490 e. The molecule has 1 fully saturated rings. The van der Waals surface area contributed by atoms with Gasteiger partial charge in [0.1, 0.15) is 0 Å². The van der Waals surface area contributed by atoms with Crippen LogP contribution in [0.2, 0.25) is 0 Å². The summed E-state index contributed by atoms with van der Waals surface area (Å²) in [5.74, 6) is 2.55. The molecule has 4 nitrogen and oxygen atoms in total. The Morgan fingerprint density at radius 1 is 1.19 bits per heavy atom. The number of hydrogen-bond donors (Lipinski definition) is 1. The van der Waals surface area contributed by atoms with Gasteiger partial charge in [0.25, 0.3) is 0 Å². The van der Waals surface area contributed by atoms with Gasteiger partial charge in [-0.2, -0.15) is 0 Å². The number of nitrogens with two attached hydrogens (primary N) is 1. The molecule has 2 N–H and O–H groups in total. The molecule has 0 saturated heterocycles. The number of likely N-dealkylation sites (N-methyl/N-ethyl adjacent to an activating group) is 1. The molecule has 0 radical (unpaired) electrons. The number of nitrogens with zero attached hydrogens (tertiary/aromatic N) is 1. The highest BCUT2D eigenvalue weighted by atomic mass is 16.5. The molecule has 1 aliphatic carbocycles. The minimum atomic E-state index is 0.0206. The Morgan fingerprint density at radius 2 is 1.95 bits per heavy atom. The van der Waals surface area contributed by atoms with Gasteiger partial charge in [-0.15, -0.1) is 0 Å². The lowest BCUT2D eigenvalue weighted by molar-refractivity contribution is 0.198. The van der Waals surface area contributed by atoms with Crippen molar-refractivity contribution < 1.29 is 9.47 Å². The van der Waals surface area contributed by atoms with Gasteiger partial charge in [0.2, 0.25) is 0 Å². The molecule has 116 valence electrons. The van der Waals surface area contributed by atoms with Crippen LogP contribution in [0.25, 0.3) is 0 Å². The van der Waals surface area contributed by atoms with Crippen molar-refractivity contribution in [2.75, 3.05) is 33.4 Å². The molecule has 0 spiro atoms. The van der Waals surface area contributed by atoms with Crippen molar-refractivity contribution in [1.29, 1.82) is 0 Å². The van der Waals surface area contributed by atoms with E-state index in [-0.39, 0.29) is 6.04 Å². The molecule has 1 aromatic rings. The van der Waals surface area contributed by atoms with Crippen LogP contribution in [0.3, 0.4) is 0 Å². The third kappa shape index (κ3) is 3.69. The average molecular weight is 290 g/mol. The van der Waals surface area contributed by atoms with Crippen molar-refractivity contribution in [1.82, 2.24) is 4.90 Å². The summed E-state index contributed by atoms with van der Waals surface area (Å²) in [6.45, 7) is 3.49. The Hall–Kier alpha value is -1.26. The summed E-state index contributed by atoms with van der Waals surface area (Å²) in [6.07, 6.45) is 5.08. The van der Waals surface area contributed by atoms with Crippen molar-refractivity contribution in [3.05, 3.63) is 23.8 Å². The van der Waals surface area contributed by atoms with Gasteiger partial charge in [-0.05, 0) is 43.5 Å². The average Bonchev–Trinajstić information content (AvgIpc) is 2.67. The van der Waals surface area contributed by atoms with Crippen LogP contribution in [0.1, 0.15) is 37.3 Å². The molecular formula is C17H26N2O2. The van der Waals surface area contributed by atoms with Crippen LogP contribution in [0.5, 0.6) is 11.5 Å². The predicted molar refractivity (Wildman–Crippen MR) is 83.8 cm³/mol. The number of hydrogen-bond acceptors (Lipinski definition) is 4. The maximum absolute atomic E-state index is 6.37. The summed E-state index contributed by atoms with van der Waals surface area (Å²) in [7, 11) is 2.17. The second-order valence-electron chi connectivity index (χ2n) is 6.38. The summed E-state index contributed by atoms with van der Waals surface area (Å²) in [6, 6.07) is 6.12. The van der Waals surface area contributed by atoms with Gasteiger partial charge in [-0.1, -0.05) is 12.5 Å². The van der Waals surface area contributed by atoms with Crippen molar-refractivity contribution in [2.24, 2.45) is 11.7 Å². The van der Waals surface area contributed by atoms with Gasteiger partial charge in [0.15, 0.2) is 11.5 Å². The van der Waals surface area contributed by atoms with Crippen molar-refractivity contribution in [2.45, 2.75) is 31.7 Å². The van der Waals surface area contributed by atoms with Gasteiger partial charge < -0.3 is 20.1 Å². The topological polar surface area (TPSA) is 47.7 Å². The van der Waals surface area contributed by atoms with Crippen LogP contribution in [0.4, 0.5) is 0 Å². The molecule has 3 rings (SSSR count). The summed E-state index contributed by atoms with van der Waals surface area (Å²) in [5, 5.41) is 0. The van der Waals surface area contributed by atoms with E-state index in [4.69, 9.17) is 15.2 Å². The monoisotopic (exact) mass is 290 g/mol. The molecule has 1 atom stereocenters. The molecule has 1 saturated carbocycles. The van der Waals surface area contributed by atoms with E-state index in [9.17, 15) is 0 Å². The molecule has 0 amide bonds. The Morgan fingerprint density at radius 3 is 2.67 bits per heavy atom. The molecule has 0 aromatic heterocycles. The first-order chi connectivity index (χ1) is 10.2. The molecule has 2 aliphatic rings. The highest BCUT2D eigenvalue weighted by Crippen LogP contribution is 2.32. The van der Waals surface area contributed by atoms with E-state index in [1.807, 2.05) is 12.1 Å². The quantitative estimate of drug-likeness (QED) is 0.905. The second-order valence-corrected chi connectivity index (χ2v) is 6.38. The molecule has 1 aliphatic heterocycles. The number of ether oxygens (including phenoxy) is 2. The number of rotatable bonds is 5. The largest absolute Gasteiger partial charge is 0.490 e. The summed E-state index contributed by atoms with van der Waals surface area (Å²) in [4.78, 5) is 2.36. The van der Waals surface area contributed by atoms with Crippen LogP contribution >= 0.6 is 0 Å². The van der Waals surface area contributed by atoms with Crippen LogP contribution in [-0.2, 0) is 0 Å². The van der Waals surface area contributed by atoms with Crippen LogP contribution in [-0.4, -0.2) is 38.3 Å². The van der Waals surface area contributed by atoms with E-state index >= 15 is 0 Å². The van der Waals surface area contributed by atoms with Crippen LogP contribution < -0.4 is 15.2 Å². The highest BCUT2D eigenvalue weighted by Gasteiger charge is 2.21. The normalized spacial score (nSPS) is 20.0. The first kappa shape index (κ1) is 14.7. The highest BCUT2D eigenvalue weighted by molar-refractivity contribution is 5.44. The van der Waals surface area contributed by atoms with E-state index in [0.717, 1.165) is 49.1 Å². The predicted octanol–water partition coefficient (Wildman–Crippen LogP) is 2.58. The van der Waals surface area contributed by atoms with Gasteiger partial charge in [0.05, 0.1) is 13.2 Å². The van der Waals surface area contributed by atoms with E-state index in [1.165, 1.54) is 19.3 Å². The lowest BCUT2D eigenvalue weighted by Gasteiger charge is -2.31. The molecule has 0 bridgehead atoms. The summed E-state index contributed by atoms with van der Waals surface area (Å²) >= 11 is 0. The summed E-state index contributed by atoms with van der Waals surface area (Å²) < 4.78 is 11.4. The fourth-order valence-electron chi connectivity index (χ4n) is 3.04. The van der Waals surface area contributed by atoms with Gasteiger partial charge >= 0.3 is 0 Å². The van der Waals surface area contributed by atoms with Crippen LogP contribution in [0.15, 0.2) is 18.2 Å². The van der Waals surface area contributed by atoms with Crippen molar-refractivity contribution >= 4 is 0 Å². The third-order valence-corrected chi connectivity index (χ3v) is 4.50. The SMILES string of the molecule is CN(CC1CCC1)CC(N)c1ccc2c(c1)OCCCO2. The van der Waals surface area contributed by atoms with Crippen LogP contribution in [0, 0.1) is 5.92 Å². The molecular weight excluding hydrogens is 264 g/mol. The molecule has 1 heterocycles. The Bertz CT molecular complexity index is 474. The lowest BCUT2D eigenvalue weighted by atomic mass is 9.85. The van der Waals surface area contributed by atoms with Gasteiger partial charge in [-0.3, -0.25) is 0 Å². The number of benzene rings is 1. The maximum Gasteiger partial charge on any atom is 0.161 e. The lowest BCUT2D eigenvalue weighted by Crippen LogP contribution is -2.34. The second kappa shape index (κ2) is 6.67. The summed E-state index contributed by atoms with van der Waals surface area (Å²) in [5.41, 5.74) is 7.49. The fourth-order valence-corrected chi connectivity index (χ4v) is 3.04. The smallest absolute Gasteiger partial charge is 0.161 e. The first-order valence-electron chi connectivity index (χ1n) is 8.06. The van der Waals surface area contributed by atoms with Crippen molar-refractivity contribution in [3.63, 3.8) is 0 Å². The fraction of sp³-hybridized carbons (Fsp3) is 0.647. The molecule has 1 unspecified atom stereocenters. The van der Waals surface area contributed by atoms with Gasteiger partial charge in [-0.25, -0.2) is 0 Å². The zero-order valence-corrected chi connectivity index (χ0v) is 12.9. The van der Waals surface area contributed by atoms with E-state index < -0.39 is 0 Å². The zero-order valence-electron chi connectivity index (χ0n) is 12.9. The zero-order chi connectivity index (χ0) is 14.7. The van der Waals surface area contributed by atoms with Gasteiger partial charge in [0, 0.05) is 25.6 Å².